The van der Waals surface area contributed by atoms with Crippen LogP contribution in [-0.2, 0) is 0 Å². The number of carbonyl (C=O) groups excluding carboxylic acids is 1. The minimum absolute atomic E-state index is 0. The molecule has 0 bridgehead atoms. The van der Waals surface area contributed by atoms with E-state index < -0.39 is 6.03 Å². The molecule has 0 aliphatic carbocycles. The van der Waals surface area contributed by atoms with Gasteiger partial charge in [-0.25, -0.2) is 4.79 Å². The molecule has 0 aromatic carbocycles. The van der Waals surface area contributed by atoms with Crippen molar-refractivity contribution >= 4 is 6.03 Å². The van der Waals surface area contributed by atoms with Gasteiger partial charge in [-0.05, 0) is 25.9 Å². The van der Waals surface area contributed by atoms with Crippen LogP contribution in [0.3, 0.4) is 0 Å². The van der Waals surface area contributed by atoms with Gasteiger partial charge in [0.1, 0.15) is 0 Å². The van der Waals surface area contributed by atoms with Gasteiger partial charge in [0, 0.05) is 14.0 Å². The predicted octanol–water partition coefficient (Wildman–Crippen LogP) is 0.877. The molecular weight excluding hydrogens is 166 g/mol. The number of carbonyl (C=O) groups is 1. The van der Waals surface area contributed by atoms with Crippen LogP contribution in [0.2, 0.25) is 0 Å². The molecule has 2 unspecified atom stereocenters. The van der Waals surface area contributed by atoms with Crippen molar-refractivity contribution in [3.8, 4) is 0 Å². The fraction of sp³-hybridized carbons (Fsp3) is 0.889. The quantitative estimate of drug-likeness (QED) is 0.643. The number of primary amides is 1. The van der Waals surface area contributed by atoms with Crippen molar-refractivity contribution in [2.24, 2.45) is 11.7 Å². The summed E-state index contributed by atoms with van der Waals surface area (Å²) in [7, 11) is 2.09. The lowest BCUT2D eigenvalue weighted by Gasteiger charge is -2.34. The lowest BCUT2D eigenvalue weighted by Crippen LogP contribution is -2.50. The summed E-state index contributed by atoms with van der Waals surface area (Å²) in [6.07, 6.45) is 1.00. The molecule has 13 heavy (non-hydrogen) atoms. The number of nitrogens with zero attached hydrogens (tertiary/aromatic N) is 1. The van der Waals surface area contributed by atoms with Gasteiger partial charge in [-0.2, -0.15) is 0 Å². The first-order valence-corrected chi connectivity index (χ1v) is 4.34. The predicted molar refractivity (Wildman–Crippen MR) is 56.6 cm³/mol. The molecule has 0 spiro atoms. The first-order valence-electron chi connectivity index (χ1n) is 4.34. The number of hydrogen-bond acceptors (Lipinski definition) is 2. The molecule has 2 atom stereocenters. The molecule has 0 aromatic rings. The van der Waals surface area contributed by atoms with Crippen LogP contribution in [0, 0.1) is 5.92 Å². The Morgan fingerprint density at radius 2 is 2.31 bits per heavy atom. The van der Waals surface area contributed by atoms with Crippen LogP contribution in [0.15, 0.2) is 0 Å². The molecule has 0 saturated carbocycles. The Morgan fingerprint density at radius 3 is 2.77 bits per heavy atom. The molecule has 1 aliphatic rings. The third-order valence-corrected chi connectivity index (χ3v) is 2.44. The molecule has 1 aliphatic heterocycles. The Bertz CT molecular complexity index is 177. The summed E-state index contributed by atoms with van der Waals surface area (Å²) >= 11 is 0. The van der Waals surface area contributed by atoms with Gasteiger partial charge in [-0.3, -0.25) is 0 Å². The van der Waals surface area contributed by atoms with Crippen LogP contribution in [0.1, 0.15) is 22.2 Å². The van der Waals surface area contributed by atoms with Crippen molar-refractivity contribution in [2.45, 2.75) is 26.8 Å². The second kappa shape index (κ2) is 5.07. The normalized spacial score (nSPS) is 29.1. The first kappa shape index (κ1) is 12.2. The number of nitrogens with two attached hydrogens (primary N) is 1. The van der Waals surface area contributed by atoms with Crippen LogP contribution in [0.4, 0.5) is 4.79 Å². The number of amides is 2. The average Bonchev–Trinajstić information content (AvgIpc) is 1.94. The minimum Gasteiger partial charge on any atom is -0.352 e. The highest BCUT2D eigenvalue weighted by Crippen LogP contribution is 2.14. The Morgan fingerprint density at radius 1 is 1.69 bits per heavy atom. The van der Waals surface area contributed by atoms with Crippen LogP contribution < -0.4 is 11.1 Å². The maximum atomic E-state index is 10.6. The number of piperidine rings is 1. The van der Waals surface area contributed by atoms with Gasteiger partial charge in [0.05, 0.1) is 0 Å². The topological polar surface area (TPSA) is 58.4 Å². The highest BCUT2D eigenvalue weighted by Gasteiger charge is 2.24. The molecule has 2 amide bonds. The van der Waals surface area contributed by atoms with Gasteiger partial charge in [0.2, 0.25) is 0 Å². The van der Waals surface area contributed by atoms with Gasteiger partial charge >= 0.3 is 6.03 Å². The van der Waals surface area contributed by atoms with Gasteiger partial charge in [-0.1, -0.05) is 14.4 Å². The molecule has 1 rings (SSSR count). The molecule has 80 valence electrons. The average molecular weight is 189 g/mol. The number of likely N-dealkylation sites (tertiary alicyclic amines) is 1. The summed E-state index contributed by atoms with van der Waals surface area (Å²) in [4.78, 5) is 12.9. The van der Waals surface area contributed by atoms with E-state index in [0.717, 1.165) is 19.5 Å². The van der Waals surface area contributed by atoms with E-state index in [1.165, 1.54) is 0 Å². The van der Waals surface area contributed by atoms with Gasteiger partial charge in [0.15, 0.2) is 0 Å². The van der Waals surface area contributed by atoms with E-state index in [2.05, 4.69) is 24.2 Å². The van der Waals surface area contributed by atoms with Crippen molar-refractivity contribution in [1.82, 2.24) is 10.2 Å². The van der Waals surface area contributed by atoms with Gasteiger partial charge in [-0.15, -0.1) is 0 Å². The van der Waals surface area contributed by atoms with E-state index in [1.807, 2.05) is 0 Å². The van der Waals surface area contributed by atoms with E-state index in [9.17, 15) is 4.79 Å². The van der Waals surface area contributed by atoms with E-state index in [0.29, 0.717) is 5.92 Å². The second-order valence-corrected chi connectivity index (χ2v) is 3.64. The number of nitrogens with one attached hydrogen (secondary N) is 1. The Balaban J connectivity index is 0. The molecule has 4 heteroatoms. The molecular formula is C9H23N3O. The molecule has 1 saturated heterocycles. The SMILES string of the molecule is C.CC1CN(C)CCC1NC(N)=O.[HH]. The lowest BCUT2D eigenvalue weighted by molar-refractivity contribution is 0.175. The van der Waals surface area contributed by atoms with Crippen LogP contribution >= 0.6 is 0 Å². The first-order chi connectivity index (χ1) is 5.59. The molecule has 4 nitrogen and oxygen atoms in total. The fourth-order valence-electron chi connectivity index (χ4n) is 1.75. The highest BCUT2D eigenvalue weighted by molar-refractivity contribution is 5.72. The Kier molecular flexibility index (Phi) is 4.77. The highest BCUT2D eigenvalue weighted by atomic mass is 16.2. The Labute approximate surface area is 82.0 Å². The van der Waals surface area contributed by atoms with Crippen molar-refractivity contribution in [3.63, 3.8) is 0 Å². The maximum Gasteiger partial charge on any atom is 0.312 e. The molecule has 3 N–H and O–H groups in total. The molecule has 1 heterocycles. The Hall–Kier alpha value is -0.770. The van der Waals surface area contributed by atoms with Crippen molar-refractivity contribution in [1.29, 1.82) is 0 Å². The van der Waals surface area contributed by atoms with Crippen molar-refractivity contribution < 1.29 is 6.22 Å². The largest absolute Gasteiger partial charge is 0.352 e. The zero-order valence-electron chi connectivity index (χ0n) is 7.71. The zero-order chi connectivity index (χ0) is 9.14. The summed E-state index contributed by atoms with van der Waals surface area (Å²) < 4.78 is 0. The summed E-state index contributed by atoms with van der Waals surface area (Å²) in [6.45, 7) is 4.20. The summed E-state index contributed by atoms with van der Waals surface area (Å²) in [6, 6.07) is -0.143. The number of urea groups is 1. The second-order valence-electron chi connectivity index (χ2n) is 3.64. The third-order valence-electron chi connectivity index (χ3n) is 2.44. The standard InChI is InChI=1S/C8H17N3O.CH4.H2/c1-6-5-11(2)4-3-7(6)10-8(9)12;;/h6-7H,3-5H2,1-2H3,(H3,9,10,12);1H4;1H. The van der Waals surface area contributed by atoms with Gasteiger partial charge < -0.3 is 16.0 Å². The maximum absolute atomic E-state index is 10.6. The van der Waals surface area contributed by atoms with E-state index >= 15 is 0 Å². The zero-order valence-corrected chi connectivity index (χ0v) is 7.71. The summed E-state index contributed by atoms with van der Waals surface area (Å²) in [5.41, 5.74) is 5.06. The summed E-state index contributed by atoms with van der Waals surface area (Å²) in [5.74, 6) is 0.497. The van der Waals surface area contributed by atoms with Crippen molar-refractivity contribution in [3.05, 3.63) is 0 Å². The molecule has 0 aromatic heterocycles. The lowest BCUT2D eigenvalue weighted by atomic mass is 9.94. The monoisotopic (exact) mass is 189 g/mol. The van der Waals surface area contributed by atoms with E-state index in [-0.39, 0.29) is 14.9 Å². The van der Waals surface area contributed by atoms with Crippen LogP contribution in [0.25, 0.3) is 0 Å². The fourth-order valence-corrected chi connectivity index (χ4v) is 1.75. The number of rotatable bonds is 1. The van der Waals surface area contributed by atoms with Crippen molar-refractivity contribution in [2.75, 3.05) is 20.1 Å². The van der Waals surface area contributed by atoms with Crippen LogP contribution in [0.5, 0.6) is 0 Å². The number of hydrogen-bond donors (Lipinski definition) is 2. The van der Waals surface area contributed by atoms with E-state index in [4.69, 9.17) is 5.73 Å². The van der Waals surface area contributed by atoms with Gasteiger partial charge in [0.25, 0.3) is 0 Å². The molecule has 1 fully saturated rings. The molecule has 0 radical (unpaired) electrons. The van der Waals surface area contributed by atoms with E-state index in [1.54, 1.807) is 0 Å². The summed E-state index contributed by atoms with van der Waals surface area (Å²) in [5, 5.41) is 2.76. The minimum atomic E-state index is -0.406. The van der Waals surface area contributed by atoms with Crippen LogP contribution in [-0.4, -0.2) is 37.1 Å². The third kappa shape index (κ3) is 3.63. The smallest absolute Gasteiger partial charge is 0.312 e.